The quantitative estimate of drug-likeness (QED) is 0.866. The molecule has 0 amide bonds. The largest absolute Gasteiger partial charge is 0.398 e. The molecule has 3 fully saturated rings. The van der Waals surface area contributed by atoms with Gasteiger partial charge in [0.15, 0.2) is 5.82 Å². The molecule has 1 aromatic carbocycles. The number of nitrogens with zero attached hydrogens (tertiary/aromatic N) is 4. The van der Waals surface area contributed by atoms with Crippen molar-refractivity contribution < 1.29 is 0 Å². The maximum atomic E-state index is 6.10. The molecule has 2 bridgehead atoms. The van der Waals surface area contributed by atoms with Gasteiger partial charge in [-0.1, -0.05) is 11.6 Å². The van der Waals surface area contributed by atoms with Gasteiger partial charge >= 0.3 is 0 Å². The first kappa shape index (κ1) is 12.0. The Bertz CT molecular complexity index is 711. The lowest BCUT2D eigenvalue weighted by Gasteiger charge is -2.11. The summed E-state index contributed by atoms with van der Waals surface area (Å²) in [7, 11) is 0. The summed E-state index contributed by atoms with van der Waals surface area (Å²) in [4.78, 5) is 0. The van der Waals surface area contributed by atoms with Crippen LogP contribution in [0.15, 0.2) is 18.2 Å². The van der Waals surface area contributed by atoms with Gasteiger partial charge in [-0.15, -0.1) is 5.10 Å². The average molecular weight is 302 g/mol. The molecule has 3 saturated carbocycles. The fraction of sp³-hybridized carbons (Fsp3) is 0.533. The molecular formula is C15H16ClN5. The van der Waals surface area contributed by atoms with Crippen LogP contribution in [-0.4, -0.2) is 20.2 Å². The number of halogens is 1. The summed E-state index contributed by atoms with van der Waals surface area (Å²) in [5.74, 6) is 4.10. The number of hydrogen-bond donors (Lipinski definition) is 1. The molecule has 2 N–H and O–H groups in total. The molecule has 0 saturated heterocycles. The monoisotopic (exact) mass is 301 g/mol. The van der Waals surface area contributed by atoms with Crippen molar-refractivity contribution in [1.29, 1.82) is 0 Å². The van der Waals surface area contributed by atoms with Gasteiger partial charge in [0, 0.05) is 16.3 Å². The predicted octanol–water partition coefficient (Wildman–Crippen LogP) is 2.79. The van der Waals surface area contributed by atoms with Crippen LogP contribution in [0.5, 0.6) is 0 Å². The van der Waals surface area contributed by atoms with Crippen molar-refractivity contribution >= 4 is 17.3 Å². The zero-order chi connectivity index (χ0) is 14.1. The van der Waals surface area contributed by atoms with Crippen molar-refractivity contribution in [2.45, 2.75) is 25.3 Å². The normalized spacial score (nSPS) is 36.0. The maximum absolute atomic E-state index is 6.10. The van der Waals surface area contributed by atoms with E-state index >= 15 is 0 Å². The lowest BCUT2D eigenvalue weighted by molar-refractivity contribution is 0.427. The molecule has 3 aliphatic carbocycles. The predicted molar refractivity (Wildman–Crippen MR) is 79.5 cm³/mol. The SMILES string of the molecule is Nc1ccc(Cl)cc1-c1nnnn1C1C2C3CCC(C3)C21. The van der Waals surface area contributed by atoms with Crippen LogP contribution in [0.4, 0.5) is 5.69 Å². The molecule has 6 heteroatoms. The molecule has 0 aliphatic heterocycles. The molecule has 1 aromatic heterocycles. The minimum Gasteiger partial charge on any atom is -0.398 e. The Balaban J connectivity index is 1.56. The molecule has 5 rings (SSSR count). The second-order valence-electron chi connectivity index (χ2n) is 6.66. The van der Waals surface area contributed by atoms with Crippen molar-refractivity contribution in [3.8, 4) is 11.4 Å². The highest BCUT2D eigenvalue weighted by molar-refractivity contribution is 6.31. The first-order chi connectivity index (χ1) is 10.2. The van der Waals surface area contributed by atoms with Crippen LogP contribution < -0.4 is 5.73 Å². The van der Waals surface area contributed by atoms with Gasteiger partial charge in [-0.25, -0.2) is 4.68 Å². The van der Waals surface area contributed by atoms with Crippen molar-refractivity contribution in [3.05, 3.63) is 23.2 Å². The number of rotatable bonds is 2. The van der Waals surface area contributed by atoms with Crippen LogP contribution in [0.2, 0.25) is 5.02 Å². The van der Waals surface area contributed by atoms with Gasteiger partial charge in [0.2, 0.25) is 0 Å². The Kier molecular flexibility index (Phi) is 2.27. The summed E-state index contributed by atoms with van der Waals surface area (Å²) in [6, 6.07) is 5.93. The summed E-state index contributed by atoms with van der Waals surface area (Å²) in [5.41, 5.74) is 7.59. The van der Waals surface area contributed by atoms with Crippen molar-refractivity contribution in [2.24, 2.45) is 23.7 Å². The standard InChI is InChI=1S/C15H16ClN5/c16-9-3-4-11(17)10(6-9)15-18-19-20-21(15)14-12-7-1-2-8(5-7)13(12)14/h3-4,6-8,12-14H,1-2,5,17H2. The smallest absolute Gasteiger partial charge is 0.184 e. The zero-order valence-corrected chi connectivity index (χ0v) is 12.2. The van der Waals surface area contributed by atoms with Gasteiger partial charge in [0.1, 0.15) is 0 Å². The minimum atomic E-state index is 0.472. The fourth-order valence-electron chi connectivity index (χ4n) is 4.90. The van der Waals surface area contributed by atoms with Crippen LogP contribution in [-0.2, 0) is 0 Å². The van der Waals surface area contributed by atoms with E-state index in [-0.39, 0.29) is 0 Å². The zero-order valence-electron chi connectivity index (χ0n) is 11.5. The van der Waals surface area contributed by atoms with E-state index in [0.717, 1.165) is 35.1 Å². The number of nitrogens with two attached hydrogens (primary N) is 1. The fourth-order valence-corrected chi connectivity index (χ4v) is 5.07. The summed E-state index contributed by atoms with van der Waals surface area (Å²) >= 11 is 6.10. The van der Waals surface area contributed by atoms with E-state index in [1.807, 2.05) is 16.8 Å². The molecule has 3 aliphatic rings. The van der Waals surface area contributed by atoms with Crippen LogP contribution in [0, 0.1) is 23.7 Å². The number of tetrazole rings is 1. The third-order valence-corrected chi connectivity index (χ3v) is 5.96. The van der Waals surface area contributed by atoms with Gasteiger partial charge in [-0.3, -0.25) is 0 Å². The topological polar surface area (TPSA) is 69.6 Å². The van der Waals surface area contributed by atoms with Gasteiger partial charge in [-0.05, 0) is 71.6 Å². The summed E-state index contributed by atoms with van der Waals surface area (Å²) in [6.07, 6.45) is 4.20. The van der Waals surface area contributed by atoms with Crippen molar-refractivity contribution in [1.82, 2.24) is 20.2 Å². The highest BCUT2D eigenvalue weighted by Gasteiger charge is 2.66. The van der Waals surface area contributed by atoms with Crippen molar-refractivity contribution in [2.75, 3.05) is 5.73 Å². The highest BCUT2D eigenvalue weighted by Crippen LogP contribution is 2.71. The molecule has 4 unspecified atom stereocenters. The van der Waals surface area contributed by atoms with E-state index in [0.29, 0.717) is 16.8 Å². The van der Waals surface area contributed by atoms with E-state index < -0.39 is 0 Å². The molecule has 0 spiro atoms. The van der Waals surface area contributed by atoms with Gasteiger partial charge < -0.3 is 5.73 Å². The van der Waals surface area contributed by atoms with Crippen LogP contribution >= 0.6 is 11.6 Å². The first-order valence-corrected chi connectivity index (χ1v) is 7.95. The second kappa shape index (κ2) is 3.97. The molecule has 21 heavy (non-hydrogen) atoms. The minimum absolute atomic E-state index is 0.472. The van der Waals surface area contributed by atoms with E-state index in [1.54, 1.807) is 6.07 Å². The van der Waals surface area contributed by atoms with E-state index in [9.17, 15) is 0 Å². The number of aromatic nitrogens is 4. The van der Waals surface area contributed by atoms with Crippen LogP contribution in [0.3, 0.4) is 0 Å². The van der Waals surface area contributed by atoms with Gasteiger partial charge in [0.05, 0.1) is 6.04 Å². The van der Waals surface area contributed by atoms with Gasteiger partial charge in [-0.2, -0.15) is 0 Å². The molecule has 0 radical (unpaired) electrons. The average Bonchev–Trinajstić information content (AvgIpc) is 2.90. The molecule has 4 atom stereocenters. The number of hydrogen-bond acceptors (Lipinski definition) is 4. The van der Waals surface area contributed by atoms with E-state index in [2.05, 4.69) is 15.5 Å². The Morgan fingerprint density at radius 2 is 1.95 bits per heavy atom. The third-order valence-electron chi connectivity index (χ3n) is 5.73. The van der Waals surface area contributed by atoms with E-state index in [1.165, 1.54) is 19.3 Å². The molecule has 1 heterocycles. The van der Waals surface area contributed by atoms with Crippen LogP contribution in [0.25, 0.3) is 11.4 Å². The number of anilines is 1. The molecule has 5 nitrogen and oxygen atoms in total. The highest BCUT2D eigenvalue weighted by atomic mass is 35.5. The summed E-state index contributed by atoms with van der Waals surface area (Å²) in [6.45, 7) is 0. The lowest BCUT2D eigenvalue weighted by atomic mass is 10.0. The second-order valence-corrected chi connectivity index (χ2v) is 7.09. The Hall–Kier alpha value is -1.62. The molecular weight excluding hydrogens is 286 g/mol. The van der Waals surface area contributed by atoms with Crippen molar-refractivity contribution in [3.63, 3.8) is 0 Å². The van der Waals surface area contributed by atoms with Gasteiger partial charge in [0.25, 0.3) is 0 Å². The van der Waals surface area contributed by atoms with Crippen LogP contribution in [0.1, 0.15) is 25.3 Å². The Morgan fingerprint density at radius 3 is 2.71 bits per heavy atom. The lowest BCUT2D eigenvalue weighted by Crippen LogP contribution is -2.09. The summed E-state index contributed by atoms with van der Waals surface area (Å²) < 4.78 is 2.00. The Morgan fingerprint density at radius 1 is 1.19 bits per heavy atom. The third kappa shape index (κ3) is 1.55. The molecule has 2 aromatic rings. The summed E-state index contributed by atoms with van der Waals surface area (Å²) in [5, 5.41) is 13.0. The first-order valence-electron chi connectivity index (χ1n) is 7.57. The number of benzene rings is 1. The number of fused-ring (bicyclic) bond motifs is 5. The Labute approximate surface area is 127 Å². The molecule has 108 valence electrons. The number of nitrogen functional groups attached to an aromatic ring is 1. The van der Waals surface area contributed by atoms with E-state index in [4.69, 9.17) is 17.3 Å². The maximum Gasteiger partial charge on any atom is 0.184 e.